The topological polar surface area (TPSA) is 69.5 Å². The number of nitrogens with zero attached hydrogens (tertiary/aromatic N) is 4. The maximum Gasteiger partial charge on any atom is 0.255 e. The summed E-state index contributed by atoms with van der Waals surface area (Å²) in [7, 11) is 1.61. The molecule has 2 fully saturated rings. The van der Waals surface area contributed by atoms with E-state index in [1.54, 1.807) is 19.5 Å². The molecular weight excluding hydrogens is 424 g/mol. The maximum atomic E-state index is 13.4. The molecule has 1 aromatic carbocycles. The van der Waals surface area contributed by atoms with Crippen LogP contribution in [-0.4, -0.2) is 59.0 Å². The van der Waals surface area contributed by atoms with Gasteiger partial charge in [-0.3, -0.25) is 4.79 Å². The number of methoxy groups -OCH3 is 1. The van der Waals surface area contributed by atoms with Crippen LogP contribution in [0.2, 0.25) is 0 Å². The number of halogens is 1. The molecule has 0 N–H and O–H groups in total. The monoisotopic (exact) mass is 448 g/mol. The standard InChI is InChI=1S/C20H25BrN4O3/c1-3-24-13-22-23-18(24)16-11-25(12-20(16)6-8-28-9-7-20)19(26)15-10-14(27-2)4-5-17(15)21/h4-5,10,13,16H,3,6-9,11-12H2,1-2H3. The van der Waals surface area contributed by atoms with Crippen molar-refractivity contribution in [3.8, 4) is 5.75 Å². The Bertz CT molecular complexity index is 863. The summed E-state index contributed by atoms with van der Waals surface area (Å²) >= 11 is 3.52. The first-order chi connectivity index (χ1) is 13.6. The SMILES string of the molecule is CCn1cnnc1C1CN(C(=O)c2cc(OC)ccc2Br)CC12CCOCC2. The molecule has 0 aliphatic carbocycles. The smallest absolute Gasteiger partial charge is 0.255 e. The second-order valence-electron chi connectivity index (χ2n) is 7.53. The van der Waals surface area contributed by atoms with Crippen molar-refractivity contribution in [1.29, 1.82) is 0 Å². The summed E-state index contributed by atoms with van der Waals surface area (Å²) in [5.41, 5.74) is 0.610. The van der Waals surface area contributed by atoms with E-state index in [2.05, 4.69) is 37.6 Å². The third-order valence-electron chi connectivity index (χ3n) is 6.13. The Labute approximate surface area is 173 Å². The summed E-state index contributed by atoms with van der Waals surface area (Å²) in [5, 5.41) is 8.57. The van der Waals surface area contributed by atoms with Crippen LogP contribution in [0.3, 0.4) is 0 Å². The van der Waals surface area contributed by atoms with Crippen molar-refractivity contribution in [3.05, 3.63) is 40.4 Å². The summed E-state index contributed by atoms with van der Waals surface area (Å²) in [4.78, 5) is 15.4. The molecule has 0 radical (unpaired) electrons. The highest BCUT2D eigenvalue weighted by atomic mass is 79.9. The fourth-order valence-electron chi connectivity index (χ4n) is 4.51. The van der Waals surface area contributed by atoms with Crippen molar-refractivity contribution < 1.29 is 14.3 Å². The van der Waals surface area contributed by atoms with E-state index in [0.717, 1.165) is 42.9 Å². The molecule has 8 heteroatoms. The molecule has 1 amide bonds. The predicted molar refractivity (Wildman–Crippen MR) is 108 cm³/mol. The average Bonchev–Trinajstić information content (AvgIpc) is 3.33. The molecule has 4 rings (SSSR count). The van der Waals surface area contributed by atoms with Gasteiger partial charge in [-0.1, -0.05) is 0 Å². The van der Waals surface area contributed by atoms with Gasteiger partial charge in [-0.2, -0.15) is 0 Å². The van der Waals surface area contributed by atoms with Crippen LogP contribution in [0, 0.1) is 5.41 Å². The van der Waals surface area contributed by atoms with Gasteiger partial charge in [0.05, 0.1) is 12.7 Å². The lowest BCUT2D eigenvalue weighted by molar-refractivity contribution is 0.0107. The number of carbonyl (C=O) groups is 1. The fourth-order valence-corrected chi connectivity index (χ4v) is 4.92. The summed E-state index contributed by atoms with van der Waals surface area (Å²) in [6.07, 6.45) is 3.64. The zero-order valence-electron chi connectivity index (χ0n) is 16.2. The number of amides is 1. The Morgan fingerprint density at radius 2 is 2.18 bits per heavy atom. The predicted octanol–water partition coefficient (Wildman–Crippen LogP) is 3.11. The zero-order valence-corrected chi connectivity index (χ0v) is 17.8. The third-order valence-corrected chi connectivity index (χ3v) is 6.82. The largest absolute Gasteiger partial charge is 0.497 e. The summed E-state index contributed by atoms with van der Waals surface area (Å²) in [6, 6.07) is 5.50. The Kier molecular flexibility index (Phi) is 5.42. The van der Waals surface area contributed by atoms with Crippen LogP contribution in [0.15, 0.2) is 29.0 Å². The number of rotatable bonds is 4. The van der Waals surface area contributed by atoms with Crippen LogP contribution in [0.1, 0.15) is 41.9 Å². The van der Waals surface area contributed by atoms with E-state index in [-0.39, 0.29) is 17.2 Å². The molecule has 2 saturated heterocycles. The van der Waals surface area contributed by atoms with Gasteiger partial charge < -0.3 is 18.9 Å². The third kappa shape index (κ3) is 3.33. The molecule has 7 nitrogen and oxygen atoms in total. The zero-order chi connectivity index (χ0) is 19.7. The molecule has 0 saturated carbocycles. The lowest BCUT2D eigenvalue weighted by atomic mass is 9.71. The van der Waals surface area contributed by atoms with Gasteiger partial charge in [0.25, 0.3) is 5.91 Å². The minimum atomic E-state index is -0.0147. The summed E-state index contributed by atoms with van der Waals surface area (Å²) in [5.74, 6) is 1.83. The van der Waals surface area contributed by atoms with Crippen LogP contribution in [0.5, 0.6) is 5.75 Å². The van der Waals surface area contributed by atoms with Gasteiger partial charge in [-0.25, -0.2) is 0 Å². The van der Waals surface area contributed by atoms with Crippen LogP contribution in [-0.2, 0) is 11.3 Å². The number of ether oxygens (including phenoxy) is 2. The normalized spacial score (nSPS) is 21.2. The molecular formula is C20H25BrN4O3. The molecule has 3 heterocycles. The van der Waals surface area contributed by atoms with E-state index in [1.807, 2.05) is 17.0 Å². The summed E-state index contributed by atoms with van der Waals surface area (Å²) < 4.78 is 13.8. The summed E-state index contributed by atoms with van der Waals surface area (Å²) in [6.45, 7) is 5.71. The number of likely N-dealkylation sites (tertiary alicyclic amines) is 1. The van der Waals surface area contributed by atoms with Crippen LogP contribution < -0.4 is 4.74 Å². The molecule has 2 aliphatic heterocycles. The number of hydrogen-bond donors (Lipinski definition) is 0. The highest BCUT2D eigenvalue weighted by molar-refractivity contribution is 9.10. The average molecular weight is 449 g/mol. The van der Waals surface area contributed by atoms with E-state index in [4.69, 9.17) is 9.47 Å². The van der Waals surface area contributed by atoms with Gasteiger partial charge in [-0.05, 0) is 53.9 Å². The molecule has 1 spiro atoms. The van der Waals surface area contributed by atoms with Crippen molar-refractivity contribution in [2.75, 3.05) is 33.4 Å². The number of carbonyl (C=O) groups excluding carboxylic acids is 1. The lowest BCUT2D eigenvalue weighted by Crippen LogP contribution is -2.37. The molecule has 0 bridgehead atoms. The Morgan fingerprint density at radius 3 is 2.89 bits per heavy atom. The van der Waals surface area contributed by atoms with Crippen LogP contribution >= 0.6 is 15.9 Å². The minimum absolute atomic E-state index is 0.0147. The van der Waals surface area contributed by atoms with Gasteiger partial charge in [0, 0.05) is 48.7 Å². The number of aromatic nitrogens is 3. The molecule has 150 valence electrons. The Balaban J connectivity index is 1.67. The number of aryl methyl sites for hydroxylation is 1. The van der Waals surface area contributed by atoms with E-state index < -0.39 is 0 Å². The number of benzene rings is 1. The van der Waals surface area contributed by atoms with Gasteiger partial charge in [-0.15, -0.1) is 10.2 Å². The van der Waals surface area contributed by atoms with Gasteiger partial charge >= 0.3 is 0 Å². The van der Waals surface area contributed by atoms with E-state index >= 15 is 0 Å². The van der Waals surface area contributed by atoms with Crippen molar-refractivity contribution in [2.45, 2.75) is 32.2 Å². The van der Waals surface area contributed by atoms with E-state index in [1.165, 1.54) is 0 Å². The lowest BCUT2D eigenvalue weighted by Gasteiger charge is -2.37. The molecule has 1 atom stereocenters. The first-order valence-corrected chi connectivity index (χ1v) is 10.5. The molecule has 2 aromatic rings. The van der Waals surface area contributed by atoms with Gasteiger partial charge in [0.15, 0.2) is 0 Å². The van der Waals surface area contributed by atoms with E-state index in [0.29, 0.717) is 24.4 Å². The van der Waals surface area contributed by atoms with Crippen LogP contribution in [0.25, 0.3) is 0 Å². The Hall–Kier alpha value is -1.93. The maximum absolute atomic E-state index is 13.4. The highest BCUT2D eigenvalue weighted by Crippen LogP contribution is 2.49. The number of hydrogen-bond acceptors (Lipinski definition) is 5. The van der Waals surface area contributed by atoms with Crippen molar-refractivity contribution in [1.82, 2.24) is 19.7 Å². The fraction of sp³-hybridized carbons (Fsp3) is 0.550. The molecule has 1 unspecified atom stereocenters. The quantitative estimate of drug-likeness (QED) is 0.718. The highest BCUT2D eigenvalue weighted by Gasteiger charge is 2.51. The second kappa shape index (κ2) is 7.83. The first-order valence-electron chi connectivity index (χ1n) is 9.66. The van der Waals surface area contributed by atoms with Crippen LogP contribution in [0.4, 0.5) is 0 Å². The molecule has 28 heavy (non-hydrogen) atoms. The van der Waals surface area contributed by atoms with Crippen molar-refractivity contribution in [2.24, 2.45) is 5.41 Å². The molecule has 1 aromatic heterocycles. The Morgan fingerprint density at radius 1 is 1.39 bits per heavy atom. The van der Waals surface area contributed by atoms with Gasteiger partial charge in [0.2, 0.25) is 0 Å². The molecule has 2 aliphatic rings. The second-order valence-corrected chi connectivity index (χ2v) is 8.39. The van der Waals surface area contributed by atoms with E-state index in [9.17, 15) is 4.79 Å². The van der Waals surface area contributed by atoms with Crippen molar-refractivity contribution >= 4 is 21.8 Å². The minimum Gasteiger partial charge on any atom is -0.497 e. The van der Waals surface area contributed by atoms with Gasteiger partial charge in [0.1, 0.15) is 17.9 Å². The first kappa shape index (κ1) is 19.4. The van der Waals surface area contributed by atoms with Crippen molar-refractivity contribution in [3.63, 3.8) is 0 Å².